The molecule has 23 nitrogen and oxygen atoms in total. The summed E-state index contributed by atoms with van der Waals surface area (Å²) in [5.74, 6) is -7.03. The number of carbonyl (C=O) groups excluding carboxylic acids is 4. The third-order valence-corrected chi connectivity index (χ3v) is 13.4. The Labute approximate surface area is 408 Å². The third kappa shape index (κ3) is 8.86. The SMILES string of the molecule is COc1cc(O)c2c(c1)C(=O)c1c(cc3c(c1O)-c1c(cc(C)c(C(=O)N[C@H](C)C(=O)O)c1O)[C@H](O[C@@H]1O[C@H](C)[C@H](N(C)C(=O)OCc4ccccc4)[C@H](O[C@@H]4O[C@H](CO)[C@@H](O)[C@H](O)[C@H]4O)[C@H]1O)[C@H]3O)C2=O. The van der Waals surface area contributed by atoms with E-state index in [-0.39, 0.29) is 29.0 Å². The van der Waals surface area contributed by atoms with Gasteiger partial charge >= 0.3 is 12.1 Å². The maximum atomic E-state index is 14.2. The summed E-state index contributed by atoms with van der Waals surface area (Å²) in [5.41, 5.74) is -3.40. The summed E-state index contributed by atoms with van der Waals surface area (Å²) in [5, 5.41) is 114. The molecule has 2 heterocycles. The number of rotatable bonds is 12. The van der Waals surface area contributed by atoms with Crippen LogP contribution >= 0.6 is 0 Å². The van der Waals surface area contributed by atoms with E-state index in [4.69, 9.17) is 28.4 Å². The van der Waals surface area contributed by atoms with Gasteiger partial charge in [-0.1, -0.05) is 36.4 Å². The van der Waals surface area contributed by atoms with Crippen LogP contribution in [-0.4, -0.2) is 174 Å². The highest BCUT2D eigenvalue weighted by atomic mass is 16.7. The Bertz CT molecular complexity index is 2820. The molecule has 4 aliphatic rings. The standard InChI is InChI=1S/C49H52N2O21/c1-17-11-25-31(38(58)28(17)45(63)50-18(2)46(64)65)30-23(14-24-32(39(30)59)35(55)22-12-21(67-5)13-26(53)29(22)34(24)54)36(56)43(25)71-48-42(62)44(72-47-41(61)40(60)37(57)27(15-52)70-47)33(19(3)69-48)51(4)49(66)68-16-20-9-7-6-8-10-20/h6-14,18-19,27,33,36-37,40-44,47-48,52-53,56-62H,15-16H2,1-5H3,(H,50,63)(H,64,65)/t18-,19-,27-,33+,36+,37-,40+,41-,42-,43+,44+,47+,48+/m1/s1. The van der Waals surface area contributed by atoms with Crippen LogP contribution in [0.15, 0.2) is 54.6 Å². The van der Waals surface area contributed by atoms with E-state index in [0.717, 1.165) is 30.0 Å². The number of aliphatic carboxylic acids is 1. The Kier molecular flexibility index (Phi) is 14.3. The molecule has 2 aliphatic carbocycles. The van der Waals surface area contributed by atoms with Crippen molar-refractivity contribution >= 4 is 29.5 Å². The van der Waals surface area contributed by atoms with E-state index >= 15 is 0 Å². The number of carbonyl (C=O) groups is 5. The molecule has 2 aliphatic heterocycles. The molecule has 2 saturated heterocycles. The second-order valence-corrected chi connectivity index (χ2v) is 17.9. The number of aromatic hydroxyl groups is 3. The Morgan fingerprint density at radius 2 is 1.43 bits per heavy atom. The number of benzene rings is 4. The molecule has 11 N–H and O–H groups in total. The van der Waals surface area contributed by atoms with Crippen molar-refractivity contribution in [1.82, 2.24) is 10.2 Å². The highest BCUT2D eigenvalue weighted by Gasteiger charge is 2.54. The smallest absolute Gasteiger partial charge is 0.410 e. The molecule has 23 heteroatoms. The van der Waals surface area contributed by atoms with Crippen LogP contribution in [0.4, 0.5) is 4.79 Å². The van der Waals surface area contributed by atoms with Gasteiger partial charge in [0, 0.05) is 35.4 Å². The second-order valence-electron chi connectivity index (χ2n) is 17.9. The number of carboxylic acid groups (broad SMARTS) is 1. The van der Waals surface area contributed by atoms with Crippen LogP contribution in [0.1, 0.15) is 90.5 Å². The Hall–Kier alpha value is -6.77. The number of nitrogens with zero attached hydrogens (tertiary/aromatic N) is 1. The number of fused-ring (bicyclic) bond motifs is 5. The number of aliphatic hydroxyl groups excluding tert-OH is 6. The molecule has 384 valence electrons. The molecule has 0 radical (unpaired) electrons. The van der Waals surface area contributed by atoms with Crippen LogP contribution in [0, 0.1) is 6.92 Å². The number of hydrogen-bond donors (Lipinski definition) is 11. The summed E-state index contributed by atoms with van der Waals surface area (Å²) in [6.07, 6.45) is -20.9. The van der Waals surface area contributed by atoms with E-state index < -0.39 is 172 Å². The van der Waals surface area contributed by atoms with E-state index in [1.165, 1.54) is 34.1 Å². The van der Waals surface area contributed by atoms with Crippen molar-refractivity contribution in [3.05, 3.63) is 105 Å². The number of phenolic OH excluding ortho intramolecular Hbond substituents is 3. The molecular formula is C49H52N2O21. The molecule has 0 aromatic heterocycles. The van der Waals surface area contributed by atoms with Gasteiger partial charge in [0.25, 0.3) is 5.91 Å². The first-order valence-electron chi connectivity index (χ1n) is 22.5. The minimum absolute atomic E-state index is 0.0170. The molecule has 13 atom stereocenters. The van der Waals surface area contributed by atoms with Crippen LogP contribution in [0.5, 0.6) is 23.0 Å². The number of carboxylic acids is 1. The quantitative estimate of drug-likeness (QED) is 0.0823. The highest BCUT2D eigenvalue weighted by Crippen LogP contribution is 2.57. The van der Waals surface area contributed by atoms with Crippen molar-refractivity contribution in [3.8, 4) is 34.1 Å². The molecule has 2 fully saturated rings. The summed E-state index contributed by atoms with van der Waals surface area (Å²) < 4.78 is 35.1. The zero-order valence-electron chi connectivity index (χ0n) is 39.0. The average Bonchev–Trinajstić information content (AvgIpc) is 3.34. The largest absolute Gasteiger partial charge is 0.507 e. The monoisotopic (exact) mass is 1000 g/mol. The number of phenols is 3. The fourth-order valence-corrected chi connectivity index (χ4v) is 9.64. The molecule has 4 aromatic carbocycles. The van der Waals surface area contributed by atoms with Gasteiger partial charge < -0.3 is 89.7 Å². The van der Waals surface area contributed by atoms with Gasteiger partial charge in [-0.2, -0.15) is 0 Å². The first kappa shape index (κ1) is 51.6. The molecule has 0 unspecified atom stereocenters. The lowest BCUT2D eigenvalue weighted by Crippen LogP contribution is -2.67. The van der Waals surface area contributed by atoms with Crippen LogP contribution in [0.3, 0.4) is 0 Å². The number of likely N-dealkylation sites (N-methyl/N-ethyl adjacent to an activating group) is 1. The van der Waals surface area contributed by atoms with Gasteiger partial charge in [-0.25, -0.2) is 4.79 Å². The highest BCUT2D eigenvalue weighted by molar-refractivity contribution is 6.31. The maximum absolute atomic E-state index is 14.2. The van der Waals surface area contributed by atoms with E-state index in [2.05, 4.69) is 5.32 Å². The molecule has 0 saturated carbocycles. The van der Waals surface area contributed by atoms with E-state index in [1.807, 2.05) is 0 Å². The van der Waals surface area contributed by atoms with Crippen molar-refractivity contribution in [2.75, 3.05) is 20.8 Å². The fourth-order valence-electron chi connectivity index (χ4n) is 9.64. The molecule has 2 amide bonds. The number of aliphatic hydroxyl groups is 6. The first-order chi connectivity index (χ1) is 34.1. The van der Waals surface area contributed by atoms with Gasteiger partial charge in [0.15, 0.2) is 24.1 Å². The van der Waals surface area contributed by atoms with E-state index in [9.17, 15) is 75.0 Å². The zero-order valence-corrected chi connectivity index (χ0v) is 39.0. The molecular weight excluding hydrogens is 953 g/mol. The lowest BCUT2D eigenvalue weighted by atomic mass is 9.74. The third-order valence-electron chi connectivity index (χ3n) is 13.4. The summed E-state index contributed by atoms with van der Waals surface area (Å²) in [6.45, 7) is 2.91. The number of ketones is 2. The molecule has 0 spiro atoms. The number of methoxy groups -OCH3 is 1. The van der Waals surface area contributed by atoms with Crippen LogP contribution in [0.2, 0.25) is 0 Å². The molecule has 0 bridgehead atoms. The number of amides is 2. The summed E-state index contributed by atoms with van der Waals surface area (Å²) >= 11 is 0. The predicted molar refractivity (Wildman–Crippen MR) is 242 cm³/mol. The van der Waals surface area contributed by atoms with Crippen molar-refractivity contribution in [3.63, 3.8) is 0 Å². The number of aryl methyl sites for hydroxylation is 1. The van der Waals surface area contributed by atoms with E-state index in [1.54, 1.807) is 30.3 Å². The Balaban J connectivity index is 1.23. The maximum Gasteiger partial charge on any atom is 0.410 e. The van der Waals surface area contributed by atoms with Gasteiger partial charge in [-0.15, -0.1) is 0 Å². The molecule has 4 aromatic rings. The van der Waals surface area contributed by atoms with Crippen molar-refractivity contribution in [2.24, 2.45) is 0 Å². The molecule has 8 rings (SSSR count). The van der Waals surface area contributed by atoms with Gasteiger partial charge in [0.2, 0.25) is 0 Å². The minimum Gasteiger partial charge on any atom is -0.507 e. The topological polar surface area (TPSA) is 358 Å². The number of nitrogens with one attached hydrogen (secondary N) is 1. The zero-order chi connectivity index (χ0) is 52.4. The minimum atomic E-state index is -2.08. The summed E-state index contributed by atoms with van der Waals surface area (Å²) in [6, 6.07) is 10.3. The van der Waals surface area contributed by atoms with Gasteiger partial charge in [-0.3, -0.25) is 19.2 Å². The summed E-state index contributed by atoms with van der Waals surface area (Å²) in [7, 11) is 2.54. The fraction of sp³-hybridized carbons (Fsp3) is 0.408. The van der Waals surface area contributed by atoms with Gasteiger partial charge in [0.1, 0.15) is 84.5 Å². The predicted octanol–water partition coefficient (Wildman–Crippen LogP) is 0.798. The van der Waals surface area contributed by atoms with Gasteiger partial charge in [-0.05, 0) is 55.2 Å². The molecule has 72 heavy (non-hydrogen) atoms. The number of hydrogen-bond acceptors (Lipinski definition) is 20. The lowest BCUT2D eigenvalue weighted by molar-refractivity contribution is -0.355. The number of ether oxygens (including phenoxy) is 6. The lowest BCUT2D eigenvalue weighted by Gasteiger charge is -2.49. The van der Waals surface area contributed by atoms with Crippen molar-refractivity contribution in [1.29, 1.82) is 0 Å². The average molecular weight is 1000 g/mol. The Morgan fingerprint density at radius 1 is 0.792 bits per heavy atom. The first-order valence-corrected chi connectivity index (χ1v) is 22.5. The van der Waals surface area contributed by atoms with E-state index in [0.29, 0.717) is 5.56 Å². The van der Waals surface area contributed by atoms with Crippen LogP contribution in [0.25, 0.3) is 11.1 Å². The normalized spacial score (nSPS) is 27.9. The van der Waals surface area contributed by atoms with Gasteiger partial charge in [0.05, 0.1) is 42.6 Å². The second kappa shape index (κ2) is 20.0. The van der Waals surface area contributed by atoms with Crippen LogP contribution in [-0.2, 0) is 35.1 Å². The Morgan fingerprint density at radius 3 is 2.08 bits per heavy atom. The van der Waals surface area contributed by atoms with Crippen molar-refractivity contribution in [2.45, 2.75) is 107 Å². The summed E-state index contributed by atoms with van der Waals surface area (Å²) in [4.78, 5) is 68.7. The van der Waals surface area contributed by atoms with Crippen LogP contribution < -0.4 is 10.1 Å². The van der Waals surface area contributed by atoms with Crippen molar-refractivity contribution < 1.29 is 103 Å².